The zero-order chi connectivity index (χ0) is 21.2. The summed E-state index contributed by atoms with van der Waals surface area (Å²) in [5.74, 6) is 2.41. The second-order valence-electron chi connectivity index (χ2n) is 8.33. The standard InChI is InChI=1S/C24H26N4O3/c1-16-25-21(13-22(26-16)23-8-5-11-30-23)20-14-28-10-9-17(20)12-19(28)15-31-24(29)27-18-6-3-2-4-7-18/h2-8,11,13,17,19-20H,9-10,12,14-15H2,1H3,(H,27,29)/t17-,19+,20+/m0/s1. The smallest absolute Gasteiger partial charge is 0.411 e. The highest BCUT2D eigenvalue weighted by atomic mass is 16.5. The van der Waals surface area contributed by atoms with Crippen LogP contribution in [0.2, 0.25) is 0 Å². The number of hydrogen-bond donors (Lipinski definition) is 1. The van der Waals surface area contributed by atoms with E-state index in [2.05, 4.69) is 21.3 Å². The number of fused-ring (bicyclic) bond motifs is 3. The number of hydrogen-bond acceptors (Lipinski definition) is 6. The molecule has 0 spiro atoms. The highest BCUT2D eigenvalue weighted by Crippen LogP contribution is 2.42. The zero-order valence-corrected chi connectivity index (χ0v) is 17.5. The van der Waals surface area contributed by atoms with Crippen molar-refractivity contribution in [3.63, 3.8) is 0 Å². The summed E-state index contributed by atoms with van der Waals surface area (Å²) < 4.78 is 11.1. The summed E-state index contributed by atoms with van der Waals surface area (Å²) in [5.41, 5.74) is 2.65. The molecule has 1 amide bonds. The molecule has 3 aromatic rings. The third kappa shape index (κ3) is 4.32. The van der Waals surface area contributed by atoms with E-state index in [1.165, 1.54) is 0 Å². The summed E-state index contributed by atoms with van der Waals surface area (Å²) in [7, 11) is 0. The third-order valence-corrected chi connectivity index (χ3v) is 6.32. The van der Waals surface area contributed by atoms with E-state index >= 15 is 0 Å². The minimum absolute atomic E-state index is 0.254. The second kappa shape index (κ2) is 8.51. The van der Waals surface area contributed by atoms with Gasteiger partial charge in [0.2, 0.25) is 0 Å². The fourth-order valence-corrected chi connectivity index (χ4v) is 4.83. The number of nitrogens with zero attached hydrogens (tertiary/aromatic N) is 3. The van der Waals surface area contributed by atoms with E-state index in [0.717, 1.165) is 54.6 Å². The maximum absolute atomic E-state index is 12.2. The molecule has 31 heavy (non-hydrogen) atoms. The Bertz CT molecular complexity index is 1040. The Morgan fingerprint density at radius 3 is 2.84 bits per heavy atom. The van der Waals surface area contributed by atoms with Crippen molar-refractivity contribution in [2.45, 2.75) is 31.7 Å². The molecule has 0 saturated carbocycles. The lowest BCUT2D eigenvalue weighted by molar-refractivity contribution is -0.00151. The fraction of sp³-hybridized carbons (Fsp3) is 0.375. The Hall–Kier alpha value is -3.19. The van der Waals surface area contributed by atoms with Crippen molar-refractivity contribution in [3.05, 3.63) is 66.3 Å². The number of amides is 1. The van der Waals surface area contributed by atoms with Crippen molar-refractivity contribution in [1.29, 1.82) is 0 Å². The van der Waals surface area contributed by atoms with Gasteiger partial charge in [0.1, 0.15) is 18.1 Å². The minimum atomic E-state index is -0.403. The Balaban J connectivity index is 1.23. The van der Waals surface area contributed by atoms with E-state index in [9.17, 15) is 4.79 Å². The summed E-state index contributed by atoms with van der Waals surface area (Å²) in [6.07, 6.45) is 3.40. The number of carbonyl (C=O) groups is 1. The van der Waals surface area contributed by atoms with Crippen LogP contribution in [0.15, 0.2) is 59.2 Å². The summed E-state index contributed by atoms with van der Waals surface area (Å²) in [6, 6.07) is 15.5. The molecule has 2 aromatic heterocycles. The molecule has 3 fully saturated rings. The van der Waals surface area contributed by atoms with Gasteiger partial charge in [-0.05, 0) is 62.6 Å². The van der Waals surface area contributed by atoms with Gasteiger partial charge in [-0.2, -0.15) is 0 Å². The van der Waals surface area contributed by atoms with E-state index in [1.54, 1.807) is 6.26 Å². The molecule has 6 rings (SSSR count). The van der Waals surface area contributed by atoms with E-state index < -0.39 is 6.09 Å². The van der Waals surface area contributed by atoms with Gasteiger partial charge in [0.15, 0.2) is 5.76 Å². The van der Waals surface area contributed by atoms with Gasteiger partial charge in [-0.3, -0.25) is 10.2 Å². The monoisotopic (exact) mass is 418 g/mol. The lowest BCUT2D eigenvalue weighted by atomic mass is 9.74. The topological polar surface area (TPSA) is 80.5 Å². The Labute approximate surface area is 181 Å². The highest BCUT2D eigenvalue weighted by Gasteiger charge is 2.42. The summed E-state index contributed by atoms with van der Waals surface area (Å²) in [6.45, 7) is 4.29. The van der Waals surface area contributed by atoms with Crippen molar-refractivity contribution in [2.24, 2.45) is 5.92 Å². The van der Waals surface area contributed by atoms with E-state index in [0.29, 0.717) is 18.4 Å². The SMILES string of the molecule is Cc1nc(-c2ccco2)cc([C@@H]2CN3CC[C@H]2C[C@@H]3COC(=O)Nc2ccccc2)n1. The van der Waals surface area contributed by atoms with Crippen molar-refractivity contribution in [3.8, 4) is 11.5 Å². The number of aromatic nitrogens is 2. The van der Waals surface area contributed by atoms with Crippen LogP contribution in [0, 0.1) is 12.8 Å². The normalized spacial score (nSPS) is 24.7. The Kier molecular flexibility index (Phi) is 5.42. The number of piperidine rings is 3. The number of rotatable bonds is 5. The summed E-state index contributed by atoms with van der Waals surface area (Å²) >= 11 is 0. The molecule has 3 aliphatic rings. The van der Waals surface area contributed by atoms with E-state index in [4.69, 9.17) is 14.1 Å². The first-order chi connectivity index (χ1) is 15.2. The van der Waals surface area contributed by atoms with Crippen molar-refractivity contribution < 1.29 is 13.9 Å². The molecule has 2 bridgehead atoms. The molecule has 7 heteroatoms. The first-order valence-electron chi connectivity index (χ1n) is 10.8. The average Bonchev–Trinajstić information content (AvgIpc) is 3.33. The van der Waals surface area contributed by atoms with Crippen LogP contribution in [0.1, 0.15) is 30.3 Å². The second-order valence-corrected chi connectivity index (χ2v) is 8.33. The maximum Gasteiger partial charge on any atom is 0.411 e. The van der Waals surface area contributed by atoms with Crippen molar-refractivity contribution >= 4 is 11.8 Å². The van der Waals surface area contributed by atoms with Crippen molar-refractivity contribution in [1.82, 2.24) is 14.9 Å². The van der Waals surface area contributed by atoms with Gasteiger partial charge in [0.05, 0.1) is 6.26 Å². The minimum Gasteiger partial charge on any atom is -0.463 e. The molecule has 1 N–H and O–H groups in total. The molecule has 0 aliphatic carbocycles. The number of anilines is 1. The van der Waals surface area contributed by atoms with Gasteiger partial charge in [0.25, 0.3) is 0 Å². The molecule has 3 aliphatic heterocycles. The predicted molar refractivity (Wildman–Crippen MR) is 117 cm³/mol. The zero-order valence-electron chi connectivity index (χ0n) is 17.5. The lowest BCUT2D eigenvalue weighted by Gasteiger charge is -2.49. The van der Waals surface area contributed by atoms with E-state index in [-0.39, 0.29) is 6.04 Å². The number of ether oxygens (including phenoxy) is 1. The number of benzene rings is 1. The Morgan fingerprint density at radius 2 is 2.10 bits per heavy atom. The van der Waals surface area contributed by atoms with Crippen LogP contribution < -0.4 is 5.32 Å². The molecule has 1 unspecified atom stereocenters. The molecule has 1 aromatic carbocycles. The first kappa shape index (κ1) is 19.8. The molecule has 4 atom stereocenters. The van der Waals surface area contributed by atoms with Crippen molar-refractivity contribution in [2.75, 3.05) is 25.0 Å². The lowest BCUT2D eigenvalue weighted by Crippen LogP contribution is -2.54. The maximum atomic E-state index is 12.2. The van der Waals surface area contributed by atoms with Gasteiger partial charge < -0.3 is 9.15 Å². The van der Waals surface area contributed by atoms with Crippen LogP contribution in [-0.2, 0) is 4.74 Å². The fourth-order valence-electron chi connectivity index (χ4n) is 4.83. The molecular formula is C24H26N4O3. The number of carbonyl (C=O) groups excluding carboxylic acids is 1. The Morgan fingerprint density at radius 1 is 1.23 bits per heavy atom. The predicted octanol–water partition coefficient (Wildman–Crippen LogP) is 4.47. The number of nitrogens with one attached hydrogen (secondary N) is 1. The third-order valence-electron chi connectivity index (χ3n) is 6.32. The van der Waals surface area contributed by atoms with Crippen LogP contribution in [0.25, 0.3) is 11.5 Å². The summed E-state index contributed by atoms with van der Waals surface area (Å²) in [4.78, 5) is 23.9. The van der Waals surface area contributed by atoms with E-state index in [1.807, 2.05) is 49.4 Å². The highest BCUT2D eigenvalue weighted by molar-refractivity contribution is 5.84. The molecule has 160 valence electrons. The molecule has 5 heterocycles. The molecular weight excluding hydrogens is 392 g/mol. The quantitative estimate of drug-likeness (QED) is 0.658. The molecule has 3 saturated heterocycles. The van der Waals surface area contributed by atoms with Crippen LogP contribution >= 0.6 is 0 Å². The van der Waals surface area contributed by atoms with Gasteiger partial charge in [0, 0.05) is 29.9 Å². The molecule has 7 nitrogen and oxygen atoms in total. The van der Waals surface area contributed by atoms with Crippen LogP contribution in [0.5, 0.6) is 0 Å². The number of aryl methyl sites for hydroxylation is 1. The molecule has 0 radical (unpaired) electrons. The largest absolute Gasteiger partial charge is 0.463 e. The number of furan rings is 1. The van der Waals surface area contributed by atoms with Gasteiger partial charge in [-0.25, -0.2) is 14.8 Å². The summed E-state index contributed by atoms with van der Waals surface area (Å²) in [5, 5.41) is 2.78. The van der Waals surface area contributed by atoms with Gasteiger partial charge in [-0.1, -0.05) is 18.2 Å². The number of para-hydroxylation sites is 1. The van der Waals surface area contributed by atoms with Crippen LogP contribution in [0.4, 0.5) is 10.5 Å². The first-order valence-corrected chi connectivity index (χ1v) is 10.8. The van der Waals surface area contributed by atoms with Crippen LogP contribution in [-0.4, -0.2) is 46.7 Å². The van der Waals surface area contributed by atoms with Gasteiger partial charge in [-0.15, -0.1) is 0 Å². The average molecular weight is 418 g/mol. The van der Waals surface area contributed by atoms with Crippen LogP contribution in [0.3, 0.4) is 0 Å². The van der Waals surface area contributed by atoms with Gasteiger partial charge >= 0.3 is 6.09 Å².